The van der Waals surface area contributed by atoms with Crippen molar-refractivity contribution in [1.82, 2.24) is 0 Å². The summed E-state index contributed by atoms with van der Waals surface area (Å²) in [7, 11) is 0. The van der Waals surface area contributed by atoms with Gasteiger partial charge in [0.2, 0.25) is 12.5 Å². The van der Waals surface area contributed by atoms with Gasteiger partial charge in [-0.15, -0.1) is 0 Å². The number of phenols is 1. The fourth-order valence-electron chi connectivity index (χ4n) is 1.40. The Hall–Kier alpha value is -1.46. The summed E-state index contributed by atoms with van der Waals surface area (Å²) in [5.74, 6) is 0.917. The molecule has 0 unspecified atom stereocenters. The Morgan fingerprint density at radius 3 is 2.93 bits per heavy atom. The summed E-state index contributed by atoms with van der Waals surface area (Å²) in [5.41, 5.74) is 11.7. The highest BCUT2D eigenvalue weighted by Crippen LogP contribution is 2.43. The molecule has 1 aliphatic rings. The Kier molecular flexibility index (Phi) is 2.18. The van der Waals surface area contributed by atoms with Crippen molar-refractivity contribution in [3.63, 3.8) is 0 Å². The van der Waals surface area contributed by atoms with Crippen LogP contribution >= 0.6 is 0 Å². The summed E-state index contributed by atoms with van der Waals surface area (Å²) < 4.78 is 10.2. The summed E-state index contributed by atoms with van der Waals surface area (Å²) in [6.07, 6.45) is 0. The van der Waals surface area contributed by atoms with Crippen molar-refractivity contribution in [2.75, 3.05) is 13.3 Å². The molecule has 1 heterocycles. The van der Waals surface area contributed by atoms with Crippen molar-refractivity contribution in [1.29, 1.82) is 0 Å². The van der Waals surface area contributed by atoms with Crippen LogP contribution in [0.5, 0.6) is 17.2 Å². The average Bonchev–Trinajstić information content (AvgIpc) is 2.66. The zero-order chi connectivity index (χ0) is 10.1. The molecule has 2 rings (SSSR count). The van der Waals surface area contributed by atoms with Crippen LogP contribution in [0.25, 0.3) is 0 Å². The monoisotopic (exact) mass is 196 g/mol. The van der Waals surface area contributed by atoms with Crippen LogP contribution < -0.4 is 20.9 Å². The second-order valence-corrected chi connectivity index (χ2v) is 3.08. The molecule has 5 nitrogen and oxygen atoms in total. The fraction of sp³-hybridized carbons (Fsp3) is 0.333. The van der Waals surface area contributed by atoms with Crippen LogP contribution in [0.4, 0.5) is 0 Å². The normalized spacial score (nSPS) is 15.6. The van der Waals surface area contributed by atoms with Crippen LogP contribution in [0.2, 0.25) is 0 Å². The van der Waals surface area contributed by atoms with E-state index in [4.69, 9.17) is 20.9 Å². The first-order chi connectivity index (χ1) is 6.74. The van der Waals surface area contributed by atoms with Crippen molar-refractivity contribution in [2.24, 2.45) is 11.5 Å². The summed E-state index contributed by atoms with van der Waals surface area (Å²) >= 11 is 0. The predicted octanol–water partition coefficient (Wildman–Crippen LogP) is 0.0794. The van der Waals surface area contributed by atoms with Gasteiger partial charge in [-0.2, -0.15) is 0 Å². The molecule has 5 N–H and O–H groups in total. The predicted molar refractivity (Wildman–Crippen MR) is 50.2 cm³/mol. The van der Waals surface area contributed by atoms with Crippen LogP contribution in [0, 0.1) is 0 Å². The van der Waals surface area contributed by atoms with E-state index in [2.05, 4.69) is 0 Å². The SMILES string of the molecule is NC[C@@H](N)c1ccc2c(c1O)OCO2. The molecule has 0 aliphatic carbocycles. The first-order valence-electron chi connectivity index (χ1n) is 4.31. The minimum Gasteiger partial charge on any atom is -0.504 e. The molecule has 14 heavy (non-hydrogen) atoms. The van der Waals surface area contributed by atoms with Crippen LogP contribution in [-0.4, -0.2) is 18.4 Å². The summed E-state index contributed by atoms with van der Waals surface area (Å²) in [6.45, 7) is 0.400. The molecule has 0 saturated heterocycles. The third-order valence-corrected chi connectivity index (χ3v) is 2.20. The lowest BCUT2D eigenvalue weighted by Gasteiger charge is -2.12. The molecule has 0 amide bonds. The van der Waals surface area contributed by atoms with Crippen LogP contribution in [-0.2, 0) is 0 Å². The van der Waals surface area contributed by atoms with E-state index in [9.17, 15) is 5.11 Å². The molecular weight excluding hydrogens is 184 g/mol. The van der Waals surface area contributed by atoms with E-state index in [0.717, 1.165) is 0 Å². The van der Waals surface area contributed by atoms with E-state index in [1.165, 1.54) is 0 Å². The maximum atomic E-state index is 9.77. The average molecular weight is 196 g/mol. The number of fused-ring (bicyclic) bond motifs is 1. The first kappa shape index (κ1) is 9.11. The van der Waals surface area contributed by atoms with Gasteiger partial charge in [0, 0.05) is 18.2 Å². The lowest BCUT2D eigenvalue weighted by atomic mass is 10.1. The zero-order valence-corrected chi connectivity index (χ0v) is 7.56. The van der Waals surface area contributed by atoms with Crippen molar-refractivity contribution in [3.8, 4) is 17.2 Å². The largest absolute Gasteiger partial charge is 0.504 e. The molecule has 5 heteroatoms. The lowest BCUT2D eigenvalue weighted by Crippen LogP contribution is -2.20. The first-order valence-corrected chi connectivity index (χ1v) is 4.31. The second-order valence-electron chi connectivity index (χ2n) is 3.08. The van der Waals surface area contributed by atoms with E-state index in [-0.39, 0.29) is 25.1 Å². The Bertz CT molecular complexity index is 354. The second kappa shape index (κ2) is 3.36. The molecule has 1 aromatic carbocycles. The lowest BCUT2D eigenvalue weighted by molar-refractivity contribution is 0.171. The van der Waals surface area contributed by atoms with Gasteiger partial charge in [-0.05, 0) is 12.1 Å². The van der Waals surface area contributed by atoms with Gasteiger partial charge >= 0.3 is 0 Å². The molecule has 0 saturated carbocycles. The van der Waals surface area contributed by atoms with Gasteiger partial charge in [0.25, 0.3) is 0 Å². The molecule has 0 fully saturated rings. The Morgan fingerprint density at radius 1 is 1.43 bits per heavy atom. The molecule has 0 spiro atoms. The third kappa shape index (κ3) is 1.26. The Balaban J connectivity index is 2.44. The molecule has 1 aliphatic heterocycles. The number of hydrogen-bond acceptors (Lipinski definition) is 5. The van der Waals surface area contributed by atoms with Gasteiger partial charge in [0.05, 0.1) is 0 Å². The molecule has 0 aromatic heterocycles. The van der Waals surface area contributed by atoms with Crippen molar-refractivity contribution < 1.29 is 14.6 Å². The van der Waals surface area contributed by atoms with Gasteiger partial charge in [-0.3, -0.25) is 0 Å². The van der Waals surface area contributed by atoms with Crippen molar-refractivity contribution >= 4 is 0 Å². The summed E-state index contributed by atoms with van der Waals surface area (Å²) in [4.78, 5) is 0. The van der Waals surface area contributed by atoms with Gasteiger partial charge in [0.15, 0.2) is 11.5 Å². The topological polar surface area (TPSA) is 90.7 Å². The van der Waals surface area contributed by atoms with Gasteiger partial charge in [-0.25, -0.2) is 0 Å². The Labute approximate surface area is 81.2 Å². The number of ether oxygens (including phenoxy) is 2. The van der Waals surface area contributed by atoms with E-state index >= 15 is 0 Å². The fourth-order valence-corrected chi connectivity index (χ4v) is 1.40. The van der Waals surface area contributed by atoms with E-state index in [1.807, 2.05) is 0 Å². The molecule has 76 valence electrons. The number of benzene rings is 1. The standard InChI is InChI=1S/C9H12N2O3/c10-3-6(11)5-1-2-7-9(8(5)12)14-4-13-7/h1-2,6,12H,3-4,10-11H2/t6-/m1/s1. The highest BCUT2D eigenvalue weighted by atomic mass is 16.7. The van der Waals surface area contributed by atoms with E-state index in [0.29, 0.717) is 17.1 Å². The minimum atomic E-state index is -0.385. The van der Waals surface area contributed by atoms with E-state index < -0.39 is 0 Å². The van der Waals surface area contributed by atoms with Crippen LogP contribution in [0.1, 0.15) is 11.6 Å². The van der Waals surface area contributed by atoms with Crippen LogP contribution in [0.15, 0.2) is 12.1 Å². The molecule has 1 aromatic rings. The molecule has 1 atom stereocenters. The Morgan fingerprint density at radius 2 is 2.21 bits per heavy atom. The molecular formula is C9H12N2O3. The number of phenolic OH excluding ortho intramolecular Hbond substituents is 1. The number of aromatic hydroxyl groups is 1. The van der Waals surface area contributed by atoms with Crippen LogP contribution in [0.3, 0.4) is 0 Å². The maximum Gasteiger partial charge on any atom is 0.231 e. The maximum absolute atomic E-state index is 9.77. The van der Waals surface area contributed by atoms with Gasteiger partial charge in [0.1, 0.15) is 0 Å². The number of nitrogens with two attached hydrogens (primary N) is 2. The van der Waals surface area contributed by atoms with E-state index in [1.54, 1.807) is 12.1 Å². The van der Waals surface area contributed by atoms with Gasteiger partial charge in [-0.1, -0.05) is 0 Å². The minimum absolute atomic E-state index is 0.0259. The molecule has 0 radical (unpaired) electrons. The van der Waals surface area contributed by atoms with Crippen molar-refractivity contribution in [3.05, 3.63) is 17.7 Å². The highest BCUT2D eigenvalue weighted by Gasteiger charge is 2.22. The smallest absolute Gasteiger partial charge is 0.231 e. The van der Waals surface area contributed by atoms with Gasteiger partial charge < -0.3 is 26.0 Å². The molecule has 0 bridgehead atoms. The number of rotatable bonds is 2. The zero-order valence-electron chi connectivity index (χ0n) is 7.56. The van der Waals surface area contributed by atoms with Crippen molar-refractivity contribution in [2.45, 2.75) is 6.04 Å². The summed E-state index contributed by atoms with van der Waals surface area (Å²) in [6, 6.07) is 3.03. The quantitative estimate of drug-likeness (QED) is 0.623. The summed E-state index contributed by atoms with van der Waals surface area (Å²) in [5, 5.41) is 9.77. The number of hydrogen-bond donors (Lipinski definition) is 3. The highest BCUT2D eigenvalue weighted by molar-refractivity contribution is 5.56. The third-order valence-electron chi connectivity index (χ3n) is 2.20.